The zero-order valence-electron chi connectivity index (χ0n) is 12.1. The summed E-state index contributed by atoms with van der Waals surface area (Å²) >= 11 is 4.41. The Morgan fingerprint density at radius 2 is 1.86 bits per heavy atom. The summed E-state index contributed by atoms with van der Waals surface area (Å²) in [5, 5.41) is 0. The number of carbonyl (C=O) groups is 1. The fourth-order valence-electron chi connectivity index (χ4n) is 2.50. The number of benzene rings is 2. The second-order valence-corrected chi connectivity index (χ2v) is 5.53. The van der Waals surface area contributed by atoms with E-state index in [0.29, 0.717) is 35.3 Å². The maximum absolute atomic E-state index is 11.6. The number of hydrogen-bond donors (Lipinski definition) is 3. The van der Waals surface area contributed by atoms with E-state index in [4.69, 9.17) is 20.9 Å². The molecule has 0 unspecified atom stereocenters. The minimum absolute atomic E-state index is 0.264. The third-order valence-corrected chi connectivity index (χ3v) is 4.29. The molecule has 0 atom stereocenters. The molecule has 22 heavy (non-hydrogen) atoms. The van der Waals surface area contributed by atoms with Crippen LogP contribution in [-0.2, 0) is 0 Å². The Hall–Kier alpha value is -2.34. The van der Waals surface area contributed by atoms with E-state index in [1.54, 1.807) is 6.07 Å². The van der Waals surface area contributed by atoms with Crippen LogP contribution in [0.2, 0.25) is 0 Å². The van der Waals surface area contributed by atoms with Gasteiger partial charge < -0.3 is 20.9 Å². The molecule has 1 aliphatic heterocycles. The molecular formula is C16H16N2O3S. The molecule has 2 aromatic carbocycles. The first-order chi connectivity index (χ1) is 10.5. The molecule has 0 saturated heterocycles. The average Bonchev–Trinajstić information content (AvgIpc) is 2.52. The quantitative estimate of drug-likeness (QED) is 0.586. The van der Waals surface area contributed by atoms with Crippen LogP contribution in [0.5, 0.6) is 11.5 Å². The zero-order chi connectivity index (χ0) is 15.9. The van der Waals surface area contributed by atoms with E-state index in [2.05, 4.69) is 12.6 Å². The Kier molecular flexibility index (Phi) is 3.62. The summed E-state index contributed by atoms with van der Waals surface area (Å²) in [6.45, 7) is 2.96. The zero-order valence-corrected chi connectivity index (χ0v) is 12.9. The number of ether oxygens (including phenoxy) is 2. The number of anilines is 1. The highest BCUT2D eigenvalue weighted by Gasteiger charge is 2.18. The summed E-state index contributed by atoms with van der Waals surface area (Å²) in [5.74, 6) is 0.817. The van der Waals surface area contributed by atoms with E-state index in [9.17, 15) is 4.79 Å². The van der Waals surface area contributed by atoms with E-state index in [1.807, 2.05) is 25.1 Å². The molecule has 1 aliphatic rings. The van der Waals surface area contributed by atoms with E-state index in [1.165, 1.54) is 0 Å². The van der Waals surface area contributed by atoms with Crippen molar-refractivity contribution >= 4 is 24.2 Å². The van der Waals surface area contributed by atoms with Crippen LogP contribution in [0.25, 0.3) is 11.1 Å². The van der Waals surface area contributed by atoms with Crippen molar-refractivity contribution in [3.63, 3.8) is 0 Å². The van der Waals surface area contributed by atoms with Gasteiger partial charge in [-0.3, -0.25) is 4.79 Å². The number of nitrogens with two attached hydrogens (primary N) is 2. The van der Waals surface area contributed by atoms with Gasteiger partial charge in [-0.25, -0.2) is 0 Å². The van der Waals surface area contributed by atoms with Gasteiger partial charge in [-0.1, -0.05) is 6.07 Å². The molecule has 2 aromatic rings. The summed E-state index contributed by atoms with van der Waals surface area (Å²) < 4.78 is 11.1. The predicted octanol–water partition coefficient (Wildman–Crippen LogP) is 2.40. The molecule has 1 amide bonds. The van der Waals surface area contributed by atoms with Crippen LogP contribution in [0.15, 0.2) is 29.2 Å². The molecule has 0 spiro atoms. The average molecular weight is 316 g/mol. The van der Waals surface area contributed by atoms with Crippen LogP contribution in [0.4, 0.5) is 5.69 Å². The largest absolute Gasteiger partial charge is 0.486 e. The third kappa shape index (κ3) is 2.35. The highest BCUT2D eigenvalue weighted by Crippen LogP contribution is 2.38. The molecule has 114 valence electrons. The van der Waals surface area contributed by atoms with Crippen molar-refractivity contribution < 1.29 is 14.3 Å². The first-order valence-corrected chi connectivity index (χ1v) is 7.25. The van der Waals surface area contributed by atoms with Crippen LogP contribution < -0.4 is 20.9 Å². The van der Waals surface area contributed by atoms with Crippen molar-refractivity contribution in [1.82, 2.24) is 0 Å². The van der Waals surface area contributed by atoms with Crippen LogP contribution in [0.1, 0.15) is 15.9 Å². The SMILES string of the molecule is Cc1c(-c2ccc3c(c2)OCCO3)cc(C(N)=O)c(N)c1S. The Balaban J connectivity index is 2.17. The molecule has 0 bridgehead atoms. The Morgan fingerprint density at radius 1 is 1.18 bits per heavy atom. The Bertz CT molecular complexity index is 774. The van der Waals surface area contributed by atoms with Crippen molar-refractivity contribution in [2.45, 2.75) is 11.8 Å². The molecular weight excluding hydrogens is 300 g/mol. The number of thiol groups is 1. The fraction of sp³-hybridized carbons (Fsp3) is 0.188. The van der Waals surface area contributed by atoms with Gasteiger partial charge in [-0.05, 0) is 41.8 Å². The standard InChI is InChI=1S/C16H16N2O3S/c1-8-10(7-11(16(18)19)14(17)15(8)22)9-2-3-12-13(6-9)21-5-4-20-12/h2-3,6-7,22H,4-5,17H2,1H3,(H2,18,19). The highest BCUT2D eigenvalue weighted by molar-refractivity contribution is 7.80. The molecule has 1 heterocycles. The lowest BCUT2D eigenvalue weighted by Gasteiger charge is -2.20. The number of hydrogen-bond acceptors (Lipinski definition) is 5. The van der Waals surface area contributed by atoms with E-state index in [-0.39, 0.29) is 5.56 Å². The van der Waals surface area contributed by atoms with Gasteiger partial charge in [0.15, 0.2) is 11.5 Å². The number of carbonyl (C=O) groups excluding carboxylic acids is 1. The molecule has 4 N–H and O–H groups in total. The van der Waals surface area contributed by atoms with Crippen molar-refractivity contribution in [1.29, 1.82) is 0 Å². The molecule has 0 radical (unpaired) electrons. The van der Waals surface area contributed by atoms with Gasteiger partial charge in [0.2, 0.25) is 0 Å². The Labute approximate surface area is 133 Å². The van der Waals surface area contributed by atoms with Crippen molar-refractivity contribution in [3.05, 3.63) is 35.4 Å². The topological polar surface area (TPSA) is 87.6 Å². The summed E-state index contributed by atoms with van der Waals surface area (Å²) in [5.41, 5.74) is 14.5. The van der Waals surface area contributed by atoms with Crippen LogP contribution >= 0.6 is 12.6 Å². The highest BCUT2D eigenvalue weighted by atomic mass is 32.1. The fourth-order valence-corrected chi connectivity index (χ4v) is 2.74. The molecule has 0 fully saturated rings. The van der Waals surface area contributed by atoms with Crippen molar-refractivity contribution in [3.8, 4) is 22.6 Å². The summed E-state index contributed by atoms with van der Waals surface area (Å²) in [6.07, 6.45) is 0. The predicted molar refractivity (Wildman–Crippen MR) is 87.8 cm³/mol. The number of rotatable bonds is 2. The maximum atomic E-state index is 11.6. The minimum Gasteiger partial charge on any atom is -0.486 e. The van der Waals surface area contributed by atoms with Gasteiger partial charge in [0, 0.05) is 4.90 Å². The second kappa shape index (κ2) is 5.46. The van der Waals surface area contributed by atoms with Crippen LogP contribution in [0, 0.1) is 6.92 Å². The maximum Gasteiger partial charge on any atom is 0.250 e. The van der Waals surface area contributed by atoms with Crippen molar-refractivity contribution in [2.75, 3.05) is 18.9 Å². The lowest BCUT2D eigenvalue weighted by molar-refractivity contribution is 0.100. The smallest absolute Gasteiger partial charge is 0.250 e. The lowest BCUT2D eigenvalue weighted by Crippen LogP contribution is -2.15. The van der Waals surface area contributed by atoms with E-state index >= 15 is 0 Å². The molecule has 3 rings (SSSR count). The van der Waals surface area contributed by atoms with Crippen LogP contribution in [0.3, 0.4) is 0 Å². The first-order valence-electron chi connectivity index (χ1n) is 6.81. The molecule has 5 nitrogen and oxygen atoms in total. The third-order valence-electron chi connectivity index (χ3n) is 3.71. The van der Waals surface area contributed by atoms with Gasteiger partial charge in [0.1, 0.15) is 13.2 Å². The number of fused-ring (bicyclic) bond motifs is 1. The van der Waals surface area contributed by atoms with Crippen molar-refractivity contribution in [2.24, 2.45) is 5.73 Å². The summed E-state index contributed by atoms with van der Waals surface area (Å²) in [4.78, 5) is 12.1. The number of amides is 1. The van der Waals surface area contributed by atoms with Gasteiger partial charge in [0.25, 0.3) is 5.91 Å². The van der Waals surface area contributed by atoms with Crippen LogP contribution in [-0.4, -0.2) is 19.1 Å². The van der Waals surface area contributed by atoms with E-state index < -0.39 is 5.91 Å². The molecule has 0 aliphatic carbocycles. The lowest BCUT2D eigenvalue weighted by atomic mass is 9.96. The molecule has 0 saturated carbocycles. The van der Waals surface area contributed by atoms with Gasteiger partial charge in [-0.15, -0.1) is 12.6 Å². The van der Waals surface area contributed by atoms with Gasteiger partial charge in [0.05, 0.1) is 11.3 Å². The Morgan fingerprint density at radius 3 is 2.55 bits per heavy atom. The van der Waals surface area contributed by atoms with Gasteiger partial charge in [-0.2, -0.15) is 0 Å². The van der Waals surface area contributed by atoms with Gasteiger partial charge >= 0.3 is 0 Å². The summed E-state index contributed by atoms with van der Waals surface area (Å²) in [7, 11) is 0. The normalized spacial score (nSPS) is 13.0. The summed E-state index contributed by atoms with van der Waals surface area (Å²) in [6, 6.07) is 7.33. The molecule has 6 heteroatoms. The monoisotopic (exact) mass is 316 g/mol. The molecule has 0 aromatic heterocycles. The number of primary amides is 1. The first kappa shape index (κ1) is 14.6. The second-order valence-electron chi connectivity index (χ2n) is 5.08. The van der Waals surface area contributed by atoms with E-state index in [0.717, 1.165) is 16.7 Å². The minimum atomic E-state index is -0.577. The number of nitrogen functional groups attached to an aromatic ring is 1.